The molecule has 6 heteroatoms. The van der Waals surface area contributed by atoms with Gasteiger partial charge in [0.1, 0.15) is 0 Å². The number of amides is 1. The van der Waals surface area contributed by atoms with Gasteiger partial charge < -0.3 is 9.47 Å². The first kappa shape index (κ1) is 21.7. The van der Waals surface area contributed by atoms with Crippen molar-refractivity contribution < 1.29 is 14.3 Å². The molecule has 5 nitrogen and oxygen atoms in total. The van der Waals surface area contributed by atoms with E-state index in [1.807, 2.05) is 84.9 Å². The molecule has 1 fully saturated rings. The fourth-order valence-corrected chi connectivity index (χ4v) is 4.34. The molecule has 0 bridgehead atoms. The molecule has 32 heavy (non-hydrogen) atoms. The fourth-order valence-electron chi connectivity index (χ4n) is 3.37. The highest BCUT2D eigenvalue weighted by molar-refractivity contribution is 8.18. The Hall–Kier alpha value is -3.51. The van der Waals surface area contributed by atoms with E-state index in [0.29, 0.717) is 34.7 Å². The van der Waals surface area contributed by atoms with Crippen LogP contribution in [0.3, 0.4) is 0 Å². The maximum atomic E-state index is 13.3. The monoisotopic (exact) mass is 444 g/mol. The lowest BCUT2D eigenvalue weighted by Crippen LogP contribution is -2.28. The van der Waals surface area contributed by atoms with Crippen LogP contribution in [-0.2, 0) is 17.9 Å². The van der Waals surface area contributed by atoms with Crippen LogP contribution in [0.2, 0.25) is 0 Å². The third kappa shape index (κ3) is 5.03. The zero-order valence-corrected chi connectivity index (χ0v) is 18.8. The summed E-state index contributed by atoms with van der Waals surface area (Å²) in [5.41, 5.74) is 3.02. The van der Waals surface area contributed by atoms with E-state index in [-0.39, 0.29) is 5.91 Å². The van der Waals surface area contributed by atoms with Crippen LogP contribution in [0.5, 0.6) is 11.5 Å². The van der Waals surface area contributed by atoms with Gasteiger partial charge in [-0.25, -0.2) is 0 Å². The molecule has 1 heterocycles. The summed E-state index contributed by atoms with van der Waals surface area (Å²) in [7, 11) is 3.20. The van der Waals surface area contributed by atoms with Gasteiger partial charge in [-0.2, -0.15) is 0 Å². The van der Waals surface area contributed by atoms with E-state index in [1.165, 1.54) is 11.8 Å². The van der Waals surface area contributed by atoms with Gasteiger partial charge in [-0.05, 0) is 46.7 Å². The van der Waals surface area contributed by atoms with Crippen molar-refractivity contribution in [1.82, 2.24) is 4.90 Å². The molecule has 1 aliphatic rings. The van der Waals surface area contributed by atoms with Crippen LogP contribution >= 0.6 is 11.8 Å². The number of methoxy groups -OCH3 is 2. The van der Waals surface area contributed by atoms with Crippen LogP contribution < -0.4 is 9.47 Å². The van der Waals surface area contributed by atoms with Gasteiger partial charge in [0.15, 0.2) is 16.7 Å². The van der Waals surface area contributed by atoms with Crippen molar-refractivity contribution in [3.63, 3.8) is 0 Å². The van der Waals surface area contributed by atoms with E-state index < -0.39 is 0 Å². The Labute approximate surface area is 192 Å². The number of carbonyl (C=O) groups is 1. The molecule has 162 valence electrons. The molecule has 3 aromatic carbocycles. The zero-order chi connectivity index (χ0) is 22.3. The maximum absolute atomic E-state index is 13.3. The van der Waals surface area contributed by atoms with Crippen molar-refractivity contribution >= 4 is 28.9 Å². The number of thioether (sulfide) groups is 1. The lowest BCUT2D eigenvalue weighted by atomic mass is 10.1. The average Bonchev–Trinajstić information content (AvgIpc) is 3.13. The van der Waals surface area contributed by atoms with Crippen molar-refractivity contribution in [1.29, 1.82) is 0 Å². The van der Waals surface area contributed by atoms with Crippen molar-refractivity contribution in [2.45, 2.75) is 13.1 Å². The Kier molecular flexibility index (Phi) is 6.92. The van der Waals surface area contributed by atoms with Crippen LogP contribution in [0.4, 0.5) is 0 Å². The number of hydrogen-bond donors (Lipinski definition) is 0. The van der Waals surface area contributed by atoms with Gasteiger partial charge in [0.05, 0.1) is 32.2 Å². The first-order valence-corrected chi connectivity index (χ1v) is 11.1. The standard InChI is InChI=1S/C26H24N2O3S/c1-30-22-14-13-21(15-23(22)31-2)16-24-25(29)28(18-20-11-7-4-8-12-20)26(32-24)27-17-19-9-5-3-6-10-19/h3-16H,17-18H2,1-2H3/b24-16+,27-26?. The number of rotatable bonds is 7. The van der Waals surface area contributed by atoms with Crippen LogP contribution in [0, 0.1) is 0 Å². The minimum absolute atomic E-state index is 0.0551. The molecule has 1 amide bonds. The summed E-state index contributed by atoms with van der Waals surface area (Å²) in [4.78, 5) is 20.5. The van der Waals surface area contributed by atoms with Gasteiger partial charge in [-0.15, -0.1) is 0 Å². The van der Waals surface area contributed by atoms with E-state index in [9.17, 15) is 4.79 Å². The Morgan fingerprint density at radius 3 is 2.19 bits per heavy atom. The Morgan fingerprint density at radius 2 is 1.53 bits per heavy atom. The Bertz CT molecular complexity index is 1140. The minimum Gasteiger partial charge on any atom is -0.493 e. The highest BCUT2D eigenvalue weighted by atomic mass is 32.2. The highest BCUT2D eigenvalue weighted by Crippen LogP contribution is 2.35. The smallest absolute Gasteiger partial charge is 0.267 e. The van der Waals surface area contributed by atoms with Gasteiger partial charge in [-0.1, -0.05) is 66.7 Å². The largest absolute Gasteiger partial charge is 0.493 e. The number of benzene rings is 3. The molecule has 1 aliphatic heterocycles. The predicted octanol–water partition coefficient (Wildman–Crippen LogP) is 5.38. The first-order chi connectivity index (χ1) is 15.7. The van der Waals surface area contributed by atoms with Crippen molar-refractivity contribution in [3.05, 3.63) is 100 Å². The predicted molar refractivity (Wildman–Crippen MR) is 130 cm³/mol. The SMILES string of the molecule is COc1ccc(/C=C2/SC(=NCc3ccccc3)N(Cc3ccccc3)C2=O)cc1OC. The molecule has 0 atom stereocenters. The van der Waals surface area contributed by atoms with Gasteiger partial charge in [0.25, 0.3) is 5.91 Å². The van der Waals surface area contributed by atoms with Gasteiger partial charge >= 0.3 is 0 Å². The van der Waals surface area contributed by atoms with Crippen molar-refractivity contribution in [2.75, 3.05) is 14.2 Å². The first-order valence-electron chi connectivity index (χ1n) is 10.2. The molecule has 0 saturated carbocycles. The Balaban J connectivity index is 1.64. The van der Waals surface area contributed by atoms with Crippen LogP contribution in [0.15, 0.2) is 88.8 Å². The number of aliphatic imine (C=N–C) groups is 1. The Morgan fingerprint density at radius 1 is 0.875 bits per heavy atom. The van der Waals surface area contributed by atoms with E-state index in [0.717, 1.165) is 16.7 Å². The summed E-state index contributed by atoms with van der Waals surface area (Å²) in [6.45, 7) is 0.995. The molecule has 0 spiro atoms. The molecule has 1 saturated heterocycles. The summed E-state index contributed by atoms with van der Waals surface area (Å²) in [5, 5.41) is 0.703. The fraction of sp³-hybridized carbons (Fsp3) is 0.154. The summed E-state index contributed by atoms with van der Waals surface area (Å²) < 4.78 is 10.7. The number of hydrogen-bond acceptors (Lipinski definition) is 5. The molecule has 0 N–H and O–H groups in total. The lowest BCUT2D eigenvalue weighted by Gasteiger charge is -2.15. The molecule has 0 radical (unpaired) electrons. The summed E-state index contributed by atoms with van der Waals surface area (Å²) in [6, 6.07) is 25.6. The summed E-state index contributed by atoms with van der Waals surface area (Å²) in [5.74, 6) is 1.22. The molecular weight excluding hydrogens is 420 g/mol. The molecule has 0 aliphatic carbocycles. The average molecular weight is 445 g/mol. The molecule has 0 unspecified atom stereocenters. The lowest BCUT2D eigenvalue weighted by molar-refractivity contribution is -0.122. The molecule has 3 aromatic rings. The van der Waals surface area contributed by atoms with Crippen LogP contribution in [0.1, 0.15) is 16.7 Å². The normalized spacial score (nSPS) is 16.1. The van der Waals surface area contributed by atoms with E-state index in [4.69, 9.17) is 14.5 Å². The van der Waals surface area contributed by atoms with E-state index in [1.54, 1.807) is 19.1 Å². The zero-order valence-electron chi connectivity index (χ0n) is 18.0. The number of amidine groups is 1. The van der Waals surface area contributed by atoms with E-state index >= 15 is 0 Å². The second kappa shape index (κ2) is 10.2. The number of ether oxygens (including phenoxy) is 2. The number of carbonyl (C=O) groups excluding carboxylic acids is 1. The van der Waals surface area contributed by atoms with Crippen LogP contribution in [0.25, 0.3) is 6.08 Å². The quantitative estimate of drug-likeness (QED) is 0.459. The van der Waals surface area contributed by atoms with Crippen molar-refractivity contribution in [2.24, 2.45) is 4.99 Å². The second-order valence-electron chi connectivity index (χ2n) is 7.19. The maximum Gasteiger partial charge on any atom is 0.267 e. The highest BCUT2D eigenvalue weighted by Gasteiger charge is 2.33. The van der Waals surface area contributed by atoms with Gasteiger partial charge in [0, 0.05) is 0 Å². The van der Waals surface area contributed by atoms with E-state index in [2.05, 4.69) is 0 Å². The van der Waals surface area contributed by atoms with Crippen LogP contribution in [-0.4, -0.2) is 30.2 Å². The second-order valence-corrected chi connectivity index (χ2v) is 8.20. The van der Waals surface area contributed by atoms with Crippen molar-refractivity contribution in [3.8, 4) is 11.5 Å². The summed E-state index contributed by atoms with van der Waals surface area (Å²) >= 11 is 1.40. The van der Waals surface area contributed by atoms with Gasteiger partial charge in [-0.3, -0.25) is 14.7 Å². The third-order valence-corrected chi connectivity index (χ3v) is 6.06. The number of nitrogens with zero attached hydrogens (tertiary/aromatic N) is 2. The summed E-state index contributed by atoms with van der Waals surface area (Å²) in [6.07, 6.45) is 1.87. The topological polar surface area (TPSA) is 51.1 Å². The van der Waals surface area contributed by atoms with Gasteiger partial charge in [0.2, 0.25) is 0 Å². The molecule has 4 rings (SSSR count). The molecule has 0 aromatic heterocycles. The third-order valence-electron chi connectivity index (χ3n) is 5.02. The molecular formula is C26H24N2O3S. The minimum atomic E-state index is -0.0551.